The molecule has 0 aliphatic carbocycles. The van der Waals surface area contributed by atoms with Crippen molar-refractivity contribution in [1.82, 2.24) is 0 Å². The van der Waals surface area contributed by atoms with Crippen LogP contribution in [-0.2, 0) is 16.0 Å². The van der Waals surface area contributed by atoms with E-state index in [2.05, 4.69) is 15.9 Å². The fourth-order valence-corrected chi connectivity index (χ4v) is 2.56. The lowest BCUT2D eigenvalue weighted by Crippen LogP contribution is -2.19. The molecule has 2 aromatic carbocycles. The Bertz CT molecular complexity index is 643. The molecule has 0 amide bonds. The van der Waals surface area contributed by atoms with E-state index < -0.39 is 6.29 Å². The molecule has 4 nitrogen and oxygen atoms in total. The summed E-state index contributed by atoms with van der Waals surface area (Å²) in [5.41, 5.74) is 1.91. The van der Waals surface area contributed by atoms with Gasteiger partial charge in [-0.3, -0.25) is 0 Å². The minimum absolute atomic E-state index is 0.309. The second kappa shape index (κ2) is 7.05. The van der Waals surface area contributed by atoms with Gasteiger partial charge in [0.1, 0.15) is 0 Å². The summed E-state index contributed by atoms with van der Waals surface area (Å²) in [5.74, 6) is 0. The van der Waals surface area contributed by atoms with Gasteiger partial charge < -0.3 is 14.7 Å². The van der Waals surface area contributed by atoms with E-state index in [0.717, 1.165) is 20.3 Å². The molecule has 1 aliphatic rings. The Hall–Kier alpha value is -1.69. The van der Waals surface area contributed by atoms with Crippen molar-refractivity contribution in [1.29, 1.82) is 0 Å². The Kier molecular flexibility index (Phi) is 4.87. The first kappa shape index (κ1) is 15.2. The van der Waals surface area contributed by atoms with Gasteiger partial charge in [0.15, 0.2) is 25.2 Å². The molecule has 1 aliphatic heterocycles. The van der Waals surface area contributed by atoms with E-state index in [0.29, 0.717) is 13.2 Å². The van der Waals surface area contributed by atoms with Crippen LogP contribution in [0.5, 0.6) is 0 Å². The van der Waals surface area contributed by atoms with Crippen LogP contribution < -0.4 is 0 Å². The molecule has 114 valence electrons. The highest BCUT2D eigenvalue weighted by Crippen LogP contribution is 2.27. The molecule has 1 heterocycles. The molecule has 0 saturated carbocycles. The Morgan fingerprint density at radius 3 is 2.59 bits per heavy atom. The minimum Gasteiger partial charge on any atom is -0.624 e. The van der Waals surface area contributed by atoms with E-state index in [4.69, 9.17) is 9.47 Å². The van der Waals surface area contributed by atoms with Crippen molar-refractivity contribution in [3.63, 3.8) is 0 Å². The third-order valence-electron chi connectivity index (χ3n) is 3.37. The van der Waals surface area contributed by atoms with Crippen molar-refractivity contribution in [2.75, 3.05) is 6.61 Å². The average Bonchev–Trinajstić information content (AvgIpc) is 2.97. The van der Waals surface area contributed by atoms with Crippen LogP contribution in [-0.4, -0.2) is 23.7 Å². The highest BCUT2D eigenvalue weighted by molar-refractivity contribution is 9.10. The van der Waals surface area contributed by atoms with Gasteiger partial charge in [-0.2, -0.15) is 0 Å². The number of hydroxylamine groups is 1. The van der Waals surface area contributed by atoms with Crippen molar-refractivity contribution >= 4 is 22.1 Å². The van der Waals surface area contributed by atoms with Gasteiger partial charge >= 0.3 is 0 Å². The molecule has 2 atom stereocenters. The Morgan fingerprint density at radius 2 is 1.86 bits per heavy atom. The van der Waals surface area contributed by atoms with Gasteiger partial charge in [-0.05, 0) is 12.1 Å². The molecule has 22 heavy (non-hydrogen) atoms. The zero-order valence-corrected chi connectivity index (χ0v) is 13.5. The van der Waals surface area contributed by atoms with Gasteiger partial charge in [0, 0.05) is 15.6 Å². The quantitative estimate of drug-likeness (QED) is 0.361. The summed E-state index contributed by atoms with van der Waals surface area (Å²) >= 11 is 3.39. The summed E-state index contributed by atoms with van der Waals surface area (Å²) in [6.45, 7) is 0.692. The number of benzene rings is 2. The average molecular weight is 362 g/mol. The second-order valence-electron chi connectivity index (χ2n) is 5.10. The molecule has 1 saturated heterocycles. The van der Waals surface area contributed by atoms with Crippen LogP contribution in [0.1, 0.15) is 17.4 Å². The summed E-state index contributed by atoms with van der Waals surface area (Å²) in [4.78, 5) is 0. The zero-order valence-electron chi connectivity index (χ0n) is 11.9. The highest BCUT2D eigenvalue weighted by Gasteiger charge is 2.28. The topological polar surface area (TPSA) is 44.5 Å². The first-order valence-corrected chi connectivity index (χ1v) is 7.85. The molecule has 0 N–H and O–H groups in total. The van der Waals surface area contributed by atoms with Crippen LogP contribution >= 0.6 is 15.9 Å². The van der Waals surface area contributed by atoms with Crippen molar-refractivity contribution in [2.24, 2.45) is 0 Å². The van der Waals surface area contributed by atoms with Crippen LogP contribution in [0.15, 0.2) is 59.1 Å². The molecular formula is C17H16BrNO3. The predicted molar refractivity (Wildman–Crippen MR) is 87.5 cm³/mol. The number of hydrogen-bond acceptors (Lipinski definition) is 3. The smallest absolute Gasteiger partial charge is 0.185 e. The molecule has 0 bridgehead atoms. The van der Waals surface area contributed by atoms with Crippen LogP contribution in [0.25, 0.3) is 0 Å². The van der Waals surface area contributed by atoms with E-state index in [1.165, 1.54) is 6.21 Å². The normalized spacial score (nSPS) is 22.0. The molecule has 0 spiro atoms. The lowest BCUT2D eigenvalue weighted by Gasteiger charge is -2.10. The van der Waals surface area contributed by atoms with Gasteiger partial charge in [0.2, 0.25) is 0 Å². The number of halogens is 1. The van der Waals surface area contributed by atoms with E-state index in [9.17, 15) is 5.21 Å². The maximum atomic E-state index is 12.0. The van der Waals surface area contributed by atoms with Crippen molar-refractivity contribution in [3.05, 3.63) is 75.4 Å². The van der Waals surface area contributed by atoms with E-state index in [1.807, 2.05) is 54.6 Å². The van der Waals surface area contributed by atoms with Crippen molar-refractivity contribution in [2.45, 2.75) is 18.9 Å². The molecule has 3 rings (SSSR count). The number of rotatable bonds is 4. The molecule has 5 heteroatoms. The first-order chi connectivity index (χ1) is 10.7. The predicted octanol–water partition coefficient (Wildman–Crippen LogP) is 3.64. The Balaban J connectivity index is 1.60. The van der Waals surface area contributed by atoms with E-state index in [-0.39, 0.29) is 6.10 Å². The largest absolute Gasteiger partial charge is 0.624 e. The standard InChI is InChI=1S/C17H16BrNO3/c18-15-8-6-14(7-9-15)17-21-12-16(22-17)11-19(20)10-13-4-2-1-3-5-13/h1-9,11,16-17H,10,12H2/b19-11-/t16-,17?/m0/s1. The van der Waals surface area contributed by atoms with Crippen LogP contribution in [0.4, 0.5) is 0 Å². The molecule has 1 unspecified atom stereocenters. The van der Waals surface area contributed by atoms with Crippen molar-refractivity contribution < 1.29 is 14.2 Å². The van der Waals surface area contributed by atoms with Gasteiger partial charge in [0.05, 0.1) is 6.61 Å². The number of hydrogen-bond donors (Lipinski definition) is 0. The second-order valence-corrected chi connectivity index (χ2v) is 6.02. The first-order valence-electron chi connectivity index (χ1n) is 7.06. The fourth-order valence-electron chi connectivity index (χ4n) is 2.29. The summed E-state index contributed by atoms with van der Waals surface area (Å²) < 4.78 is 13.3. The Morgan fingerprint density at radius 1 is 1.14 bits per heavy atom. The number of ether oxygens (including phenoxy) is 2. The summed E-state index contributed by atoms with van der Waals surface area (Å²) in [6.07, 6.45) is 0.792. The van der Waals surface area contributed by atoms with Gasteiger partial charge in [0.25, 0.3) is 0 Å². The highest BCUT2D eigenvalue weighted by atomic mass is 79.9. The molecule has 1 fully saturated rings. The van der Waals surface area contributed by atoms with Crippen LogP contribution in [0, 0.1) is 5.21 Å². The number of nitrogens with zero attached hydrogens (tertiary/aromatic N) is 1. The molecule has 0 radical (unpaired) electrons. The lowest BCUT2D eigenvalue weighted by molar-refractivity contribution is -0.472. The zero-order chi connectivity index (χ0) is 15.4. The Labute approximate surface area is 137 Å². The molecular weight excluding hydrogens is 346 g/mol. The third kappa shape index (κ3) is 3.94. The molecule has 0 aromatic heterocycles. The van der Waals surface area contributed by atoms with E-state index >= 15 is 0 Å². The van der Waals surface area contributed by atoms with Crippen LogP contribution in [0.2, 0.25) is 0 Å². The fraction of sp³-hybridized carbons (Fsp3) is 0.235. The van der Waals surface area contributed by atoms with E-state index in [1.54, 1.807) is 0 Å². The SMILES string of the molecule is [O-]/[N+](=C\[C@H]1COC(c2ccc(Br)cc2)O1)Cc1ccccc1. The monoisotopic (exact) mass is 361 g/mol. The van der Waals surface area contributed by atoms with Gasteiger partial charge in [-0.25, -0.2) is 4.74 Å². The van der Waals surface area contributed by atoms with Gasteiger partial charge in [-0.15, -0.1) is 0 Å². The maximum absolute atomic E-state index is 12.0. The maximum Gasteiger partial charge on any atom is 0.185 e. The van der Waals surface area contributed by atoms with Crippen molar-refractivity contribution in [3.8, 4) is 0 Å². The summed E-state index contributed by atoms with van der Waals surface area (Å²) in [7, 11) is 0. The van der Waals surface area contributed by atoms with Gasteiger partial charge in [-0.1, -0.05) is 58.4 Å². The third-order valence-corrected chi connectivity index (χ3v) is 3.89. The summed E-state index contributed by atoms with van der Waals surface area (Å²) in [6, 6.07) is 17.4. The van der Waals surface area contributed by atoms with Crippen LogP contribution in [0.3, 0.4) is 0 Å². The molecule has 2 aromatic rings. The minimum atomic E-state index is -0.417. The lowest BCUT2D eigenvalue weighted by atomic mass is 10.2. The summed E-state index contributed by atoms with van der Waals surface area (Å²) in [5, 5.41) is 12.0.